The third-order valence-corrected chi connectivity index (χ3v) is 9.68. The summed E-state index contributed by atoms with van der Waals surface area (Å²) in [7, 11) is 1.49. The van der Waals surface area contributed by atoms with Crippen LogP contribution in [0.2, 0.25) is 0 Å². The van der Waals surface area contributed by atoms with Gasteiger partial charge in [0.1, 0.15) is 0 Å². The molecule has 0 N–H and O–H groups in total. The maximum atomic E-state index is 12.9. The van der Waals surface area contributed by atoms with E-state index in [1.165, 1.54) is 51.2 Å². The third-order valence-electron chi connectivity index (χ3n) is 9.09. The van der Waals surface area contributed by atoms with Gasteiger partial charge in [-0.25, -0.2) is 4.79 Å². The highest BCUT2D eigenvalue weighted by Gasteiger charge is 2.53. The van der Waals surface area contributed by atoms with Crippen LogP contribution in [0, 0.1) is 17.3 Å². The van der Waals surface area contributed by atoms with Crippen LogP contribution >= 0.6 is 15.9 Å². The van der Waals surface area contributed by atoms with Crippen molar-refractivity contribution in [1.82, 2.24) is 5.06 Å². The molecule has 0 radical (unpaired) electrons. The summed E-state index contributed by atoms with van der Waals surface area (Å²) in [5.41, 5.74) is 2.51. The van der Waals surface area contributed by atoms with Crippen molar-refractivity contribution in [2.45, 2.75) is 96.1 Å². The number of esters is 1. The van der Waals surface area contributed by atoms with Crippen LogP contribution in [0.3, 0.4) is 0 Å². The Morgan fingerprint density at radius 3 is 2.76 bits per heavy atom. The summed E-state index contributed by atoms with van der Waals surface area (Å²) >= 11 is 3.65. The Morgan fingerprint density at radius 2 is 2.06 bits per heavy atom. The second kappa shape index (κ2) is 11.3. The van der Waals surface area contributed by atoms with Crippen LogP contribution in [0.15, 0.2) is 40.9 Å². The molecule has 0 spiro atoms. The number of halogens is 1. The highest BCUT2D eigenvalue weighted by Crippen LogP contribution is 2.59. The maximum Gasteiger partial charge on any atom is 0.340 e. The molecule has 3 fully saturated rings. The molecule has 0 bridgehead atoms. The van der Waals surface area contributed by atoms with Gasteiger partial charge in [0, 0.05) is 19.0 Å². The summed E-state index contributed by atoms with van der Waals surface area (Å²) in [5, 5.41) is 2.14. The molecule has 4 nitrogen and oxygen atoms in total. The van der Waals surface area contributed by atoms with Gasteiger partial charge in [0.2, 0.25) is 0 Å². The number of carbonyl (C=O) groups is 1. The first-order valence-electron chi connectivity index (χ1n) is 13.3. The van der Waals surface area contributed by atoms with Gasteiger partial charge in [-0.1, -0.05) is 72.1 Å². The number of hydrogen-bond donors (Lipinski definition) is 0. The van der Waals surface area contributed by atoms with Gasteiger partial charge in [-0.3, -0.25) is 4.84 Å². The number of benzene rings is 1. The van der Waals surface area contributed by atoms with E-state index in [0.29, 0.717) is 11.8 Å². The molecular weight excluding hydrogens is 490 g/mol. The number of nitrogens with zero attached hydrogens (tertiary/aromatic N) is 1. The van der Waals surface area contributed by atoms with Gasteiger partial charge in [-0.15, -0.1) is 0 Å². The first kappa shape index (κ1) is 25.9. The second-order valence-corrected chi connectivity index (χ2v) is 11.5. The van der Waals surface area contributed by atoms with Crippen molar-refractivity contribution < 1.29 is 14.4 Å². The van der Waals surface area contributed by atoms with E-state index in [0.717, 1.165) is 44.1 Å². The molecule has 34 heavy (non-hydrogen) atoms. The molecule has 3 aliphatic rings. The topological polar surface area (TPSA) is 38.8 Å². The van der Waals surface area contributed by atoms with Crippen LogP contribution in [0.5, 0.6) is 0 Å². The number of carbonyl (C=O) groups excluding carboxylic acids is 1. The molecule has 5 unspecified atom stereocenters. The SMILES string of the molecule is CCCC1(C(=O)OC)CC(CCC2CCC3/C(=C/Br)CCCC23C)N(CCc2ccccc2)O1. The highest BCUT2D eigenvalue weighted by molar-refractivity contribution is 9.11. The zero-order chi connectivity index (χ0) is 24.2. The molecule has 1 aliphatic heterocycles. The molecule has 0 amide bonds. The fourth-order valence-electron chi connectivity index (χ4n) is 7.28. The highest BCUT2D eigenvalue weighted by atomic mass is 79.9. The summed E-state index contributed by atoms with van der Waals surface area (Å²) in [6.07, 6.45) is 12.1. The van der Waals surface area contributed by atoms with Crippen molar-refractivity contribution in [1.29, 1.82) is 0 Å². The molecule has 1 saturated heterocycles. The summed E-state index contributed by atoms with van der Waals surface area (Å²) in [6, 6.07) is 10.8. The third kappa shape index (κ3) is 5.17. The van der Waals surface area contributed by atoms with Crippen molar-refractivity contribution in [2.24, 2.45) is 17.3 Å². The fraction of sp³-hybridized carbons (Fsp3) is 0.690. The number of allylic oxidation sites excluding steroid dienone is 1. The molecule has 1 aromatic carbocycles. The van der Waals surface area contributed by atoms with Crippen LogP contribution in [-0.4, -0.2) is 36.3 Å². The Kier molecular flexibility index (Phi) is 8.58. The average molecular weight is 533 g/mol. The first-order valence-corrected chi connectivity index (χ1v) is 14.2. The van der Waals surface area contributed by atoms with E-state index >= 15 is 0 Å². The Morgan fingerprint density at radius 1 is 1.26 bits per heavy atom. The lowest BCUT2D eigenvalue weighted by molar-refractivity contribution is -0.221. The van der Waals surface area contributed by atoms with Gasteiger partial charge < -0.3 is 4.74 Å². The molecule has 5 heteroatoms. The molecule has 4 rings (SSSR count). The minimum atomic E-state index is -0.830. The molecule has 0 aromatic heterocycles. The zero-order valence-electron chi connectivity index (χ0n) is 21.2. The summed E-state index contributed by atoms with van der Waals surface area (Å²) in [6.45, 7) is 5.46. The summed E-state index contributed by atoms with van der Waals surface area (Å²) < 4.78 is 5.24. The van der Waals surface area contributed by atoms with Crippen molar-refractivity contribution >= 4 is 21.9 Å². The summed E-state index contributed by atoms with van der Waals surface area (Å²) in [5.74, 6) is 1.26. The van der Waals surface area contributed by atoms with Crippen LogP contribution in [0.25, 0.3) is 0 Å². The lowest BCUT2D eigenvalue weighted by atomic mass is 9.63. The number of methoxy groups -OCH3 is 1. The van der Waals surface area contributed by atoms with E-state index in [1.807, 2.05) is 0 Å². The van der Waals surface area contributed by atoms with Gasteiger partial charge >= 0.3 is 5.97 Å². The largest absolute Gasteiger partial charge is 0.467 e. The lowest BCUT2D eigenvalue weighted by Gasteiger charge is -2.42. The molecular formula is C29H42BrNO3. The van der Waals surface area contributed by atoms with E-state index in [1.54, 1.807) is 5.57 Å². The van der Waals surface area contributed by atoms with Gasteiger partial charge in [-0.2, -0.15) is 5.06 Å². The Balaban J connectivity index is 1.47. The minimum Gasteiger partial charge on any atom is -0.467 e. The van der Waals surface area contributed by atoms with Crippen molar-refractivity contribution in [3.05, 3.63) is 46.5 Å². The Hall–Kier alpha value is -1.17. The van der Waals surface area contributed by atoms with Gasteiger partial charge in [0.25, 0.3) is 0 Å². The fourth-order valence-corrected chi connectivity index (χ4v) is 7.83. The van der Waals surface area contributed by atoms with Crippen LogP contribution in [0.1, 0.15) is 83.6 Å². The van der Waals surface area contributed by atoms with Crippen molar-refractivity contribution in [3.63, 3.8) is 0 Å². The number of fused-ring (bicyclic) bond motifs is 1. The number of ether oxygens (including phenoxy) is 1. The Labute approximate surface area is 214 Å². The smallest absolute Gasteiger partial charge is 0.340 e. The number of hydrogen-bond acceptors (Lipinski definition) is 4. The lowest BCUT2D eigenvalue weighted by Crippen LogP contribution is -2.40. The molecule has 5 atom stereocenters. The number of hydroxylamine groups is 2. The quantitative estimate of drug-likeness (QED) is 0.315. The Bertz CT molecular complexity index is 858. The first-order chi connectivity index (χ1) is 16.5. The van der Waals surface area contributed by atoms with E-state index in [9.17, 15) is 4.79 Å². The summed E-state index contributed by atoms with van der Waals surface area (Å²) in [4.78, 5) is 21.6. The van der Waals surface area contributed by atoms with Gasteiger partial charge in [0.05, 0.1) is 7.11 Å². The molecule has 188 valence electrons. The zero-order valence-corrected chi connectivity index (χ0v) is 22.8. The van der Waals surface area contributed by atoms with Gasteiger partial charge in [0.15, 0.2) is 5.60 Å². The molecule has 2 aliphatic carbocycles. The normalized spacial score (nSPS) is 34.9. The average Bonchev–Trinajstić information content (AvgIpc) is 3.39. The van der Waals surface area contributed by atoms with E-state index in [-0.39, 0.29) is 12.0 Å². The molecule has 1 aromatic rings. The molecule has 2 saturated carbocycles. The van der Waals surface area contributed by atoms with E-state index < -0.39 is 5.60 Å². The molecule has 1 heterocycles. The van der Waals surface area contributed by atoms with E-state index in [4.69, 9.17) is 9.57 Å². The monoisotopic (exact) mass is 531 g/mol. The van der Waals surface area contributed by atoms with Crippen LogP contribution < -0.4 is 0 Å². The van der Waals surface area contributed by atoms with Crippen LogP contribution in [0.4, 0.5) is 0 Å². The van der Waals surface area contributed by atoms with Crippen molar-refractivity contribution in [3.8, 4) is 0 Å². The maximum absolute atomic E-state index is 12.9. The standard InChI is InChI=1S/C29H42BrNO3/c1-4-17-29(27(32)33-3)20-25(31(34-29)19-16-22-9-6-5-7-10-22)14-12-24-13-15-26-23(21-30)11-8-18-28(24,26)2/h5-7,9-10,21,24-26H,4,8,11-20H2,1-3H3/b23-21+. The van der Waals surface area contributed by atoms with Gasteiger partial charge in [-0.05, 0) is 85.6 Å². The van der Waals surface area contributed by atoms with Crippen LogP contribution in [-0.2, 0) is 20.8 Å². The second-order valence-electron chi connectivity index (χ2n) is 11.0. The van der Waals surface area contributed by atoms with E-state index in [2.05, 4.69) is 70.2 Å². The minimum absolute atomic E-state index is 0.214. The predicted octanol–water partition coefficient (Wildman–Crippen LogP) is 7.22. The van der Waals surface area contributed by atoms with Crippen molar-refractivity contribution in [2.75, 3.05) is 13.7 Å². The predicted molar refractivity (Wildman–Crippen MR) is 140 cm³/mol. The number of rotatable bonds is 9.